The molecule has 1 aliphatic heterocycles. The molecule has 1 fully saturated rings. The van der Waals surface area contributed by atoms with Crippen LogP contribution in [0.5, 0.6) is 0 Å². The Bertz CT molecular complexity index is 716. The van der Waals surface area contributed by atoms with Gasteiger partial charge in [-0.05, 0) is 38.8 Å². The predicted molar refractivity (Wildman–Crippen MR) is 101 cm³/mol. The highest BCUT2D eigenvalue weighted by atomic mass is 16.2. The summed E-state index contributed by atoms with van der Waals surface area (Å²) in [5, 5.41) is 0. The molecule has 1 aliphatic rings. The number of carbonyl (C=O) groups excluding carboxylic acids is 1. The fraction of sp³-hybridized carbons (Fsp3) is 0.500. The van der Waals surface area contributed by atoms with Crippen LogP contribution in [0.25, 0.3) is 11.3 Å². The molecule has 5 heteroatoms. The van der Waals surface area contributed by atoms with Gasteiger partial charge in [-0.15, -0.1) is 0 Å². The Labute approximate surface area is 150 Å². The van der Waals surface area contributed by atoms with E-state index in [4.69, 9.17) is 0 Å². The molecule has 1 aromatic heterocycles. The molecule has 1 aromatic carbocycles. The van der Waals surface area contributed by atoms with E-state index in [0.717, 1.165) is 43.7 Å². The van der Waals surface area contributed by atoms with E-state index in [2.05, 4.69) is 35.9 Å². The van der Waals surface area contributed by atoms with E-state index in [0.29, 0.717) is 6.04 Å². The van der Waals surface area contributed by atoms with Gasteiger partial charge >= 0.3 is 6.03 Å². The molecule has 0 N–H and O–H groups in total. The van der Waals surface area contributed by atoms with Gasteiger partial charge in [-0.25, -0.2) is 9.78 Å². The maximum Gasteiger partial charge on any atom is 0.329 e. The Morgan fingerprint density at radius 3 is 2.76 bits per heavy atom. The van der Waals surface area contributed by atoms with Crippen LogP contribution in [-0.4, -0.2) is 58.1 Å². The molecule has 134 valence electrons. The van der Waals surface area contributed by atoms with Crippen molar-refractivity contribution in [1.29, 1.82) is 0 Å². The number of hydrogen-bond donors (Lipinski definition) is 0. The Morgan fingerprint density at radius 1 is 1.32 bits per heavy atom. The van der Waals surface area contributed by atoms with E-state index >= 15 is 0 Å². The SMILES string of the molecule is CCCN1CCC(N(C)C(=O)n2cnc(-c3cccc(C)c3)c2)CC1. The number of aromatic nitrogens is 2. The quantitative estimate of drug-likeness (QED) is 0.853. The maximum absolute atomic E-state index is 12.8. The van der Waals surface area contributed by atoms with Crippen LogP contribution in [0.2, 0.25) is 0 Å². The lowest BCUT2D eigenvalue weighted by molar-refractivity contribution is 0.135. The van der Waals surface area contributed by atoms with Gasteiger partial charge in [0.1, 0.15) is 6.33 Å². The van der Waals surface area contributed by atoms with Crippen LogP contribution in [0.1, 0.15) is 31.7 Å². The Kier molecular flexibility index (Phi) is 5.53. The Morgan fingerprint density at radius 2 is 2.08 bits per heavy atom. The average molecular weight is 340 g/mol. The minimum absolute atomic E-state index is 0.000319. The summed E-state index contributed by atoms with van der Waals surface area (Å²) in [6.45, 7) is 7.59. The van der Waals surface area contributed by atoms with Gasteiger partial charge in [0.15, 0.2) is 0 Å². The van der Waals surface area contributed by atoms with Crippen molar-refractivity contribution < 1.29 is 4.79 Å². The molecule has 2 aromatic rings. The number of piperidine rings is 1. The number of benzene rings is 1. The van der Waals surface area contributed by atoms with Gasteiger partial charge in [-0.2, -0.15) is 0 Å². The third-order valence-corrected chi connectivity index (χ3v) is 5.06. The number of nitrogens with zero attached hydrogens (tertiary/aromatic N) is 4. The molecule has 0 bridgehead atoms. The van der Waals surface area contributed by atoms with Crippen LogP contribution in [0.15, 0.2) is 36.8 Å². The lowest BCUT2D eigenvalue weighted by Gasteiger charge is -2.36. The van der Waals surface area contributed by atoms with Crippen molar-refractivity contribution in [3.05, 3.63) is 42.4 Å². The lowest BCUT2D eigenvalue weighted by atomic mass is 10.0. The third kappa shape index (κ3) is 4.10. The molecule has 3 rings (SSSR count). The molecule has 0 unspecified atom stereocenters. The minimum Gasteiger partial charge on any atom is -0.324 e. The average Bonchev–Trinajstić information content (AvgIpc) is 3.11. The van der Waals surface area contributed by atoms with Crippen molar-refractivity contribution in [2.45, 2.75) is 39.2 Å². The number of aryl methyl sites for hydroxylation is 1. The normalized spacial score (nSPS) is 16.1. The summed E-state index contributed by atoms with van der Waals surface area (Å²) in [4.78, 5) is 21.6. The van der Waals surface area contributed by atoms with Crippen molar-refractivity contribution in [2.24, 2.45) is 0 Å². The number of amides is 1. The number of rotatable bonds is 4. The first-order valence-corrected chi connectivity index (χ1v) is 9.19. The fourth-order valence-corrected chi connectivity index (χ4v) is 3.57. The van der Waals surface area contributed by atoms with E-state index in [-0.39, 0.29) is 6.03 Å². The van der Waals surface area contributed by atoms with Gasteiger partial charge in [-0.3, -0.25) is 4.57 Å². The highest BCUT2D eigenvalue weighted by molar-refractivity contribution is 5.78. The monoisotopic (exact) mass is 340 g/mol. The molecule has 1 saturated heterocycles. The molecule has 5 nitrogen and oxygen atoms in total. The molecule has 0 spiro atoms. The topological polar surface area (TPSA) is 41.4 Å². The molecule has 25 heavy (non-hydrogen) atoms. The van der Waals surface area contributed by atoms with Gasteiger partial charge in [-0.1, -0.05) is 30.7 Å². The van der Waals surface area contributed by atoms with Crippen LogP contribution in [0.3, 0.4) is 0 Å². The summed E-state index contributed by atoms with van der Waals surface area (Å²) < 4.78 is 1.61. The highest BCUT2D eigenvalue weighted by Crippen LogP contribution is 2.20. The molecule has 0 atom stereocenters. The van der Waals surface area contributed by atoms with Crippen molar-refractivity contribution in [3.8, 4) is 11.3 Å². The van der Waals surface area contributed by atoms with E-state index in [1.54, 1.807) is 10.9 Å². The molecular formula is C20H28N4O. The first-order valence-electron chi connectivity index (χ1n) is 9.19. The van der Waals surface area contributed by atoms with Crippen LogP contribution < -0.4 is 0 Å². The summed E-state index contributed by atoms with van der Waals surface area (Å²) in [7, 11) is 1.91. The maximum atomic E-state index is 12.8. The second-order valence-corrected chi connectivity index (χ2v) is 7.00. The zero-order chi connectivity index (χ0) is 17.8. The van der Waals surface area contributed by atoms with Crippen LogP contribution in [0.4, 0.5) is 4.79 Å². The molecule has 0 aliphatic carbocycles. The van der Waals surface area contributed by atoms with Crippen molar-refractivity contribution in [1.82, 2.24) is 19.4 Å². The number of hydrogen-bond acceptors (Lipinski definition) is 3. The van der Waals surface area contributed by atoms with Gasteiger partial charge in [0.05, 0.1) is 5.69 Å². The zero-order valence-electron chi connectivity index (χ0n) is 15.5. The predicted octanol–water partition coefficient (Wildman–Crippen LogP) is 3.63. The van der Waals surface area contributed by atoms with Crippen LogP contribution >= 0.6 is 0 Å². The van der Waals surface area contributed by atoms with E-state index in [1.807, 2.05) is 30.3 Å². The molecule has 0 saturated carbocycles. The largest absolute Gasteiger partial charge is 0.329 e. The van der Waals surface area contributed by atoms with Gasteiger partial charge in [0.25, 0.3) is 0 Å². The van der Waals surface area contributed by atoms with Gasteiger partial charge < -0.3 is 9.80 Å². The molecule has 2 heterocycles. The second kappa shape index (κ2) is 7.83. The number of likely N-dealkylation sites (tertiary alicyclic amines) is 1. The lowest BCUT2D eigenvalue weighted by Crippen LogP contribution is -2.46. The first-order chi connectivity index (χ1) is 12.1. The van der Waals surface area contributed by atoms with E-state index in [1.165, 1.54) is 12.0 Å². The van der Waals surface area contributed by atoms with E-state index in [9.17, 15) is 4.79 Å². The summed E-state index contributed by atoms with van der Waals surface area (Å²) >= 11 is 0. The van der Waals surface area contributed by atoms with Crippen LogP contribution in [-0.2, 0) is 0 Å². The zero-order valence-corrected chi connectivity index (χ0v) is 15.5. The Hall–Kier alpha value is -2.14. The smallest absolute Gasteiger partial charge is 0.324 e. The van der Waals surface area contributed by atoms with Gasteiger partial charge in [0, 0.05) is 37.9 Å². The van der Waals surface area contributed by atoms with Crippen LogP contribution in [0, 0.1) is 6.92 Å². The summed E-state index contributed by atoms with van der Waals surface area (Å²) in [5.41, 5.74) is 3.07. The second-order valence-electron chi connectivity index (χ2n) is 7.00. The first kappa shape index (κ1) is 17.7. The Balaban J connectivity index is 1.65. The molecular weight excluding hydrogens is 312 g/mol. The number of carbonyl (C=O) groups is 1. The van der Waals surface area contributed by atoms with Crippen molar-refractivity contribution in [3.63, 3.8) is 0 Å². The molecule has 1 amide bonds. The summed E-state index contributed by atoms with van der Waals surface area (Å²) in [5.74, 6) is 0. The van der Waals surface area contributed by atoms with Gasteiger partial charge in [0.2, 0.25) is 0 Å². The summed E-state index contributed by atoms with van der Waals surface area (Å²) in [6, 6.07) is 8.50. The third-order valence-electron chi connectivity index (χ3n) is 5.06. The standard InChI is InChI=1S/C20H28N4O/c1-4-10-23-11-8-18(9-12-23)22(3)20(25)24-14-19(21-15-24)17-7-5-6-16(2)13-17/h5-7,13-15,18H,4,8-12H2,1-3H3. The summed E-state index contributed by atoms with van der Waals surface area (Å²) in [6.07, 6.45) is 6.74. The van der Waals surface area contributed by atoms with Crippen molar-refractivity contribution >= 4 is 6.03 Å². The van der Waals surface area contributed by atoms with E-state index < -0.39 is 0 Å². The highest BCUT2D eigenvalue weighted by Gasteiger charge is 2.26. The molecule has 0 radical (unpaired) electrons. The van der Waals surface area contributed by atoms with Crippen molar-refractivity contribution in [2.75, 3.05) is 26.7 Å². The number of imidazole rings is 1. The fourth-order valence-electron chi connectivity index (χ4n) is 3.57. The minimum atomic E-state index is 0.000319.